The summed E-state index contributed by atoms with van der Waals surface area (Å²) in [5, 5.41) is 3.23. The van der Waals surface area contributed by atoms with E-state index in [-0.39, 0.29) is 5.91 Å². The predicted octanol–water partition coefficient (Wildman–Crippen LogP) is 1.34. The van der Waals surface area contributed by atoms with E-state index in [0.29, 0.717) is 6.04 Å². The van der Waals surface area contributed by atoms with E-state index in [9.17, 15) is 4.79 Å². The second-order valence-corrected chi connectivity index (χ2v) is 5.74. The number of nitrogens with zero attached hydrogens (tertiary/aromatic N) is 1. The average Bonchev–Trinajstić information content (AvgIpc) is 2.68. The van der Waals surface area contributed by atoms with Crippen LogP contribution in [0, 0.1) is 0 Å². The van der Waals surface area contributed by atoms with E-state index < -0.39 is 5.54 Å². The molecule has 1 N–H and O–H groups in total. The molecule has 1 aliphatic rings. The third kappa shape index (κ3) is 3.11. The molecule has 1 heterocycles. The summed E-state index contributed by atoms with van der Waals surface area (Å²) in [7, 11) is 1.93. The average molecular weight is 230 g/mol. The van der Waals surface area contributed by atoms with Crippen LogP contribution in [0.15, 0.2) is 0 Å². The number of amides is 1. The Bertz CT molecular complexity index is 225. The molecule has 0 saturated carbocycles. The second-order valence-electron chi connectivity index (χ2n) is 4.59. The van der Waals surface area contributed by atoms with Gasteiger partial charge in [-0.3, -0.25) is 4.79 Å². The number of rotatable bonds is 4. The molecule has 1 amide bonds. The molecule has 0 aromatic rings. The molecule has 15 heavy (non-hydrogen) atoms. The number of carbonyl (C=O) groups excluding carboxylic acids is 1. The second kappa shape index (κ2) is 5.21. The minimum Gasteiger partial charge on any atom is -0.340 e. The molecule has 1 rings (SSSR count). The number of thioether (sulfide) groups is 1. The standard InChI is InChI=1S/C11H22N2OS/c1-5-12-11(2,3)10(14)13(4)9-6-7-15-8-9/h9,12H,5-8H2,1-4H3. The van der Waals surface area contributed by atoms with Crippen LogP contribution in [-0.4, -0.2) is 47.5 Å². The van der Waals surface area contributed by atoms with E-state index in [2.05, 4.69) is 5.32 Å². The van der Waals surface area contributed by atoms with Crippen LogP contribution in [0.2, 0.25) is 0 Å². The number of likely N-dealkylation sites (N-methyl/N-ethyl adjacent to an activating group) is 2. The van der Waals surface area contributed by atoms with Crippen molar-refractivity contribution in [1.29, 1.82) is 0 Å². The van der Waals surface area contributed by atoms with Gasteiger partial charge in [0.15, 0.2) is 0 Å². The largest absolute Gasteiger partial charge is 0.340 e. The molecule has 1 unspecified atom stereocenters. The smallest absolute Gasteiger partial charge is 0.242 e. The Morgan fingerprint density at radius 3 is 2.73 bits per heavy atom. The van der Waals surface area contributed by atoms with E-state index in [0.717, 1.165) is 18.7 Å². The zero-order valence-corrected chi connectivity index (χ0v) is 11.0. The Balaban J connectivity index is 2.57. The molecule has 1 fully saturated rings. The van der Waals surface area contributed by atoms with Gasteiger partial charge >= 0.3 is 0 Å². The molecule has 0 radical (unpaired) electrons. The van der Waals surface area contributed by atoms with Crippen LogP contribution in [-0.2, 0) is 4.79 Å². The molecule has 1 aliphatic heterocycles. The molecule has 1 saturated heterocycles. The lowest BCUT2D eigenvalue weighted by molar-refractivity contribution is -0.137. The predicted molar refractivity (Wildman–Crippen MR) is 66.3 cm³/mol. The molecule has 0 aromatic heterocycles. The first-order valence-electron chi connectivity index (χ1n) is 5.59. The summed E-state index contributed by atoms with van der Waals surface area (Å²) in [4.78, 5) is 14.1. The van der Waals surface area contributed by atoms with Gasteiger partial charge in [-0.15, -0.1) is 0 Å². The van der Waals surface area contributed by atoms with Gasteiger partial charge in [0.1, 0.15) is 0 Å². The van der Waals surface area contributed by atoms with E-state index in [1.807, 2.05) is 44.5 Å². The number of hydrogen-bond acceptors (Lipinski definition) is 3. The van der Waals surface area contributed by atoms with Crippen LogP contribution in [0.1, 0.15) is 27.2 Å². The third-order valence-electron chi connectivity index (χ3n) is 2.93. The van der Waals surface area contributed by atoms with E-state index in [1.165, 1.54) is 5.75 Å². The molecule has 3 nitrogen and oxygen atoms in total. The van der Waals surface area contributed by atoms with Gasteiger partial charge in [-0.05, 0) is 32.6 Å². The van der Waals surface area contributed by atoms with Crippen LogP contribution >= 0.6 is 11.8 Å². The van der Waals surface area contributed by atoms with Crippen molar-refractivity contribution in [3.05, 3.63) is 0 Å². The van der Waals surface area contributed by atoms with Gasteiger partial charge in [0.2, 0.25) is 5.91 Å². The molecule has 0 aromatic carbocycles. The summed E-state index contributed by atoms with van der Waals surface area (Å²) in [6, 6.07) is 0.431. The summed E-state index contributed by atoms with van der Waals surface area (Å²) >= 11 is 1.94. The van der Waals surface area contributed by atoms with E-state index >= 15 is 0 Å². The summed E-state index contributed by atoms with van der Waals surface area (Å²) in [5.41, 5.74) is -0.434. The summed E-state index contributed by atoms with van der Waals surface area (Å²) < 4.78 is 0. The van der Waals surface area contributed by atoms with Crippen LogP contribution in [0.3, 0.4) is 0 Å². The van der Waals surface area contributed by atoms with Crippen molar-refractivity contribution < 1.29 is 4.79 Å². The highest BCUT2D eigenvalue weighted by atomic mass is 32.2. The van der Waals surface area contributed by atoms with E-state index in [4.69, 9.17) is 0 Å². The van der Waals surface area contributed by atoms with Crippen molar-refractivity contribution in [2.24, 2.45) is 0 Å². The first-order chi connectivity index (χ1) is 6.99. The third-order valence-corrected chi connectivity index (χ3v) is 4.07. The monoisotopic (exact) mass is 230 g/mol. The zero-order valence-electron chi connectivity index (χ0n) is 10.2. The Labute approximate surface area is 97.0 Å². The fourth-order valence-electron chi connectivity index (χ4n) is 1.95. The number of hydrogen-bond donors (Lipinski definition) is 1. The lowest BCUT2D eigenvalue weighted by atomic mass is 10.0. The van der Waals surface area contributed by atoms with Crippen molar-refractivity contribution >= 4 is 17.7 Å². The fraction of sp³-hybridized carbons (Fsp3) is 0.909. The Morgan fingerprint density at radius 1 is 1.60 bits per heavy atom. The highest BCUT2D eigenvalue weighted by Crippen LogP contribution is 2.23. The molecule has 1 atom stereocenters. The lowest BCUT2D eigenvalue weighted by Crippen LogP contribution is -2.55. The summed E-state index contributed by atoms with van der Waals surface area (Å²) in [5.74, 6) is 2.48. The number of nitrogens with one attached hydrogen (secondary N) is 1. The Hall–Kier alpha value is -0.220. The maximum atomic E-state index is 12.2. The SMILES string of the molecule is CCNC(C)(C)C(=O)N(C)C1CCSC1. The Morgan fingerprint density at radius 2 is 2.27 bits per heavy atom. The number of carbonyl (C=O) groups is 1. The topological polar surface area (TPSA) is 32.3 Å². The highest BCUT2D eigenvalue weighted by molar-refractivity contribution is 7.99. The van der Waals surface area contributed by atoms with Gasteiger partial charge in [-0.1, -0.05) is 6.92 Å². The van der Waals surface area contributed by atoms with Gasteiger partial charge in [0.05, 0.1) is 5.54 Å². The van der Waals surface area contributed by atoms with Crippen molar-refractivity contribution in [2.45, 2.75) is 38.8 Å². The van der Waals surface area contributed by atoms with Gasteiger partial charge in [0, 0.05) is 18.8 Å². The maximum absolute atomic E-state index is 12.2. The van der Waals surface area contributed by atoms with Gasteiger partial charge in [0.25, 0.3) is 0 Å². The fourth-order valence-corrected chi connectivity index (χ4v) is 3.22. The summed E-state index contributed by atoms with van der Waals surface area (Å²) in [6.45, 7) is 6.77. The molecule has 88 valence electrons. The maximum Gasteiger partial charge on any atom is 0.242 e. The van der Waals surface area contributed by atoms with Gasteiger partial charge < -0.3 is 10.2 Å². The molecule has 0 spiro atoms. The van der Waals surface area contributed by atoms with Gasteiger partial charge in [-0.2, -0.15) is 11.8 Å². The first kappa shape index (κ1) is 12.8. The van der Waals surface area contributed by atoms with Crippen molar-refractivity contribution in [2.75, 3.05) is 25.1 Å². The van der Waals surface area contributed by atoms with Crippen LogP contribution in [0.4, 0.5) is 0 Å². The van der Waals surface area contributed by atoms with Crippen molar-refractivity contribution in [1.82, 2.24) is 10.2 Å². The van der Waals surface area contributed by atoms with E-state index in [1.54, 1.807) is 0 Å². The molecular weight excluding hydrogens is 208 g/mol. The Kier molecular flexibility index (Phi) is 4.46. The minimum atomic E-state index is -0.434. The van der Waals surface area contributed by atoms with Crippen molar-refractivity contribution in [3.8, 4) is 0 Å². The summed E-state index contributed by atoms with van der Waals surface area (Å²) in [6.07, 6.45) is 1.13. The minimum absolute atomic E-state index is 0.205. The molecule has 0 bridgehead atoms. The normalized spacial score (nSPS) is 21.7. The van der Waals surface area contributed by atoms with Crippen LogP contribution in [0.5, 0.6) is 0 Å². The molecule has 4 heteroatoms. The van der Waals surface area contributed by atoms with Gasteiger partial charge in [-0.25, -0.2) is 0 Å². The molecular formula is C11H22N2OS. The first-order valence-corrected chi connectivity index (χ1v) is 6.74. The quantitative estimate of drug-likeness (QED) is 0.791. The van der Waals surface area contributed by atoms with Crippen LogP contribution in [0.25, 0.3) is 0 Å². The highest BCUT2D eigenvalue weighted by Gasteiger charge is 2.33. The zero-order chi connectivity index (χ0) is 11.5. The van der Waals surface area contributed by atoms with Crippen molar-refractivity contribution in [3.63, 3.8) is 0 Å². The lowest BCUT2D eigenvalue weighted by Gasteiger charge is -2.33. The van der Waals surface area contributed by atoms with Crippen LogP contribution < -0.4 is 5.32 Å². The molecule has 0 aliphatic carbocycles.